The van der Waals surface area contributed by atoms with Crippen molar-refractivity contribution < 1.29 is 9.18 Å². The highest BCUT2D eigenvalue weighted by Crippen LogP contribution is 2.41. The number of piperidine rings is 2. The summed E-state index contributed by atoms with van der Waals surface area (Å²) in [6.07, 6.45) is 7.64. The number of aryl methyl sites for hydroxylation is 1. The summed E-state index contributed by atoms with van der Waals surface area (Å²) in [6, 6.07) is 8.37. The van der Waals surface area contributed by atoms with E-state index in [1.165, 1.54) is 23.3 Å². The predicted octanol–water partition coefficient (Wildman–Crippen LogP) is 3.94. The minimum absolute atomic E-state index is 0.205. The first-order valence-electron chi connectivity index (χ1n) is 9.77. The fourth-order valence-corrected chi connectivity index (χ4v) is 4.60. The zero-order valence-corrected chi connectivity index (χ0v) is 15.8. The van der Waals surface area contributed by atoms with Gasteiger partial charge in [-0.25, -0.2) is 4.39 Å². The van der Waals surface area contributed by atoms with Gasteiger partial charge < -0.3 is 4.90 Å². The third kappa shape index (κ3) is 3.61. The zero-order valence-electron chi connectivity index (χ0n) is 15.8. The molecular weight excluding hydrogens is 341 g/mol. The van der Waals surface area contributed by atoms with Gasteiger partial charge in [0.2, 0.25) is 5.91 Å². The van der Waals surface area contributed by atoms with Crippen molar-refractivity contribution in [1.29, 1.82) is 0 Å². The molecule has 1 spiro atoms. The lowest BCUT2D eigenvalue weighted by molar-refractivity contribution is -0.134. The topological polar surface area (TPSA) is 36.4 Å². The van der Waals surface area contributed by atoms with Gasteiger partial charge in [0.25, 0.3) is 0 Å². The van der Waals surface area contributed by atoms with Crippen molar-refractivity contribution in [2.24, 2.45) is 5.41 Å². The highest BCUT2D eigenvalue weighted by Gasteiger charge is 2.46. The number of likely N-dealkylation sites (tertiary alicyclic amines) is 1. The number of benzene rings is 1. The van der Waals surface area contributed by atoms with Crippen LogP contribution in [0.4, 0.5) is 10.1 Å². The average molecular weight is 367 g/mol. The van der Waals surface area contributed by atoms with Crippen molar-refractivity contribution in [3.05, 3.63) is 59.7 Å². The molecule has 2 aliphatic rings. The Morgan fingerprint density at radius 3 is 2.59 bits per heavy atom. The van der Waals surface area contributed by atoms with Gasteiger partial charge in [0.1, 0.15) is 5.82 Å². The molecule has 0 N–H and O–H groups in total. The van der Waals surface area contributed by atoms with E-state index in [-0.39, 0.29) is 17.1 Å². The number of pyridine rings is 1. The number of anilines is 1. The van der Waals surface area contributed by atoms with Gasteiger partial charge in [-0.2, -0.15) is 0 Å². The van der Waals surface area contributed by atoms with Crippen LogP contribution in [0.5, 0.6) is 0 Å². The minimum Gasteiger partial charge on any atom is -0.312 e. The van der Waals surface area contributed by atoms with Crippen LogP contribution in [-0.2, 0) is 11.3 Å². The Morgan fingerprint density at radius 2 is 1.85 bits per heavy atom. The standard InChI is InChI=1S/C22H26FN3O/c1-17-14-24-11-8-18(17)15-25-12-2-9-22(16-25)10-3-13-26(21(22)27)20-6-4-19(23)5-7-20/h4-8,11,14H,2-3,9-10,12-13,15-16H2,1H3. The maximum Gasteiger partial charge on any atom is 0.234 e. The smallest absolute Gasteiger partial charge is 0.234 e. The Kier molecular flexibility index (Phi) is 4.96. The first-order chi connectivity index (χ1) is 13.1. The molecule has 3 heterocycles. The van der Waals surface area contributed by atoms with Crippen LogP contribution in [0.15, 0.2) is 42.7 Å². The van der Waals surface area contributed by atoms with Crippen LogP contribution in [0, 0.1) is 18.2 Å². The first-order valence-corrected chi connectivity index (χ1v) is 9.77. The molecule has 1 amide bonds. The predicted molar refractivity (Wildman–Crippen MR) is 104 cm³/mol. The van der Waals surface area contributed by atoms with Gasteiger partial charge in [-0.1, -0.05) is 0 Å². The molecule has 142 valence electrons. The van der Waals surface area contributed by atoms with Crippen molar-refractivity contribution in [1.82, 2.24) is 9.88 Å². The molecule has 4 nitrogen and oxygen atoms in total. The fraction of sp³-hybridized carbons (Fsp3) is 0.455. The summed E-state index contributed by atoms with van der Waals surface area (Å²) in [7, 11) is 0. The molecule has 2 aromatic rings. The molecule has 2 aliphatic heterocycles. The van der Waals surface area contributed by atoms with E-state index in [0.717, 1.165) is 57.5 Å². The Hall–Kier alpha value is -2.27. The number of rotatable bonds is 3. The van der Waals surface area contributed by atoms with Crippen LogP contribution in [-0.4, -0.2) is 35.4 Å². The summed E-state index contributed by atoms with van der Waals surface area (Å²) in [5.74, 6) is -0.0639. The number of amides is 1. The monoisotopic (exact) mass is 367 g/mol. The summed E-state index contributed by atoms with van der Waals surface area (Å²) in [6.45, 7) is 5.48. The van der Waals surface area contributed by atoms with Crippen LogP contribution in [0.1, 0.15) is 36.8 Å². The van der Waals surface area contributed by atoms with E-state index in [1.807, 2.05) is 17.3 Å². The lowest BCUT2D eigenvalue weighted by Gasteiger charge is -2.47. The fourth-order valence-electron chi connectivity index (χ4n) is 4.60. The van der Waals surface area contributed by atoms with Crippen LogP contribution in [0.3, 0.4) is 0 Å². The van der Waals surface area contributed by atoms with E-state index in [2.05, 4.69) is 22.9 Å². The van der Waals surface area contributed by atoms with Crippen molar-refractivity contribution >= 4 is 11.6 Å². The molecule has 0 bridgehead atoms. The minimum atomic E-state index is -0.314. The third-order valence-electron chi connectivity index (χ3n) is 6.06. The highest BCUT2D eigenvalue weighted by molar-refractivity contribution is 5.98. The van der Waals surface area contributed by atoms with Gasteiger partial charge in [0.05, 0.1) is 5.41 Å². The average Bonchev–Trinajstić information content (AvgIpc) is 2.67. The molecule has 1 aromatic heterocycles. The number of hydrogen-bond acceptors (Lipinski definition) is 3. The molecule has 1 aromatic carbocycles. The largest absolute Gasteiger partial charge is 0.312 e. The van der Waals surface area contributed by atoms with Gasteiger partial charge in [-0.15, -0.1) is 0 Å². The number of carbonyl (C=O) groups is 1. The van der Waals surface area contributed by atoms with Gasteiger partial charge in [-0.05, 0) is 80.6 Å². The molecule has 5 heteroatoms. The molecule has 2 fully saturated rings. The maximum absolute atomic E-state index is 13.4. The maximum atomic E-state index is 13.4. The highest BCUT2D eigenvalue weighted by atomic mass is 19.1. The molecule has 0 aliphatic carbocycles. The summed E-state index contributed by atoms with van der Waals surface area (Å²) in [5, 5.41) is 0. The number of hydrogen-bond donors (Lipinski definition) is 0. The SMILES string of the molecule is Cc1cnccc1CN1CCCC2(CCCN(c3ccc(F)cc3)C2=O)C1. The van der Waals surface area contributed by atoms with Gasteiger partial charge in [-0.3, -0.25) is 14.7 Å². The van der Waals surface area contributed by atoms with E-state index < -0.39 is 0 Å². The Bertz CT molecular complexity index is 819. The Balaban J connectivity index is 1.53. The third-order valence-corrected chi connectivity index (χ3v) is 6.06. The Morgan fingerprint density at radius 1 is 1.11 bits per heavy atom. The van der Waals surface area contributed by atoms with Crippen molar-refractivity contribution in [3.8, 4) is 0 Å². The molecule has 27 heavy (non-hydrogen) atoms. The van der Waals surface area contributed by atoms with Crippen molar-refractivity contribution in [2.45, 2.75) is 39.2 Å². The van der Waals surface area contributed by atoms with Gasteiger partial charge in [0, 0.05) is 37.7 Å². The van der Waals surface area contributed by atoms with Gasteiger partial charge >= 0.3 is 0 Å². The van der Waals surface area contributed by atoms with Crippen molar-refractivity contribution in [3.63, 3.8) is 0 Å². The summed E-state index contributed by atoms with van der Waals surface area (Å²) < 4.78 is 13.3. The van der Waals surface area contributed by atoms with E-state index in [9.17, 15) is 9.18 Å². The molecular formula is C22H26FN3O. The van der Waals surface area contributed by atoms with Crippen LogP contribution < -0.4 is 4.90 Å². The van der Waals surface area contributed by atoms with E-state index >= 15 is 0 Å². The second-order valence-corrected chi connectivity index (χ2v) is 7.93. The lowest BCUT2D eigenvalue weighted by atomic mass is 9.72. The Labute approximate surface area is 160 Å². The van der Waals surface area contributed by atoms with E-state index in [1.54, 1.807) is 12.1 Å². The number of nitrogens with zero attached hydrogens (tertiary/aromatic N) is 3. The summed E-state index contributed by atoms with van der Waals surface area (Å²) in [4.78, 5) is 21.9. The number of halogens is 1. The molecule has 0 radical (unpaired) electrons. The normalized spacial score (nSPS) is 23.8. The number of carbonyl (C=O) groups excluding carboxylic acids is 1. The second-order valence-electron chi connectivity index (χ2n) is 7.93. The molecule has 1 unspecified atom stereocenters. The quantitative estimate of drug-likeness (QED) is 0.824. The van der Waals surface area contributed by atoms with E-state index in [4.69, 9.17) is 0 Å². The van der Waals surface area contributed by atoms with Gasteiger partial charge in [0.15, 0.2) is 0 Å². The lowest BCUT2D eigenvalue weighted by Crippen LogP contribution is -2.56. The van der Waals surface area contributed by atoms with Crippen LogP contribution >= 0.6 is 0 Å². The van der Waals surface area contributed by atoms with E-state index in [0.29, 0.717) is 0 Å². The van der Waals surface area contributed by atoms with Crippen LogP contribution in [0.2, 0.25) is 0 Å². The summed E-state index contributed by atoms with van der Waals surface area (Å²) >= 11 is 0. The van der Waals surface area contributed by atoms with Crippen molar-refractivity contribution in [2.75, 3.05) is 24.5 Å². The molecule has 2 saturated heterocycles. The zero-order chi connectivity index (χ0) is 18.9. The van der Waals surface area contributed by atoms with Crippen LogP contribution in [0.25, 0.3) is 0 Å². The first kappa shape index (κ1) is 18.1. The molecule has 0 saturated carbocycles. The summed E-state index contributed by atoms with van der Waals surface area (Å²) in [5.41, 5.74) is 2.97. The molecule has 4 rings (SSSR count). The molecule has 1 atom stereocenters. The number of aromatic nitrogens is 1. The second kappa shape index (κ2) is 7.39.